The Hall–Kier alpha value is -1.71. The molecular weight excluding hydrogens is 196 g/mol. The van der Waals surface area contributed by atoms with Crippen molar-refractivity contribution in [3.63, 3.8) is 0 Å². The summed E-state index contributed by atoms with van der Waals surface area (Å²) < 4.78 is 15.3. The molecular formula is C11H12O4. The maximum atomic E-state index is 11.1. The predicted octanol–water partition coefficient (Wildman–Crippen LogP) is 1.30. The lowest BCUT2D eigenvalue weighted by atomic mass is 10.0. The van der Waals surface area contributed by atoms with Gasteiger partial charge in [0, 0.05) is 0 Å². The van der Waals surface area contributed by atoms with Crippen LogP contribution in [0.2, 0.25) is 0 Å². The Morgan fingerprint density at radius 3 is 2.33 bits per heavy atom. The van der Waals surface area contributed by atoms with E-state index in [2.05, 4.69) is 0 Å². The molecule has 0 unspecified atom stereocenters. The molecule has 0 radical (unpaired) electrons. The Morgan fingerprint density at radius 2 is 1.73 bits per heavy atom. The van der Waals surface area contributed by atoms with E-state index in [0.717, 1.165) is 11.1 Å². The fourth-order valence-corrected chi connectivity index (χ4v) is 1.63. The summed E-state index contributed by atoms with van der Waals surface area (Å²) in [6.07, 6.45) is 0.301. The molecule has 1 aromatic carbocycles. The molecule has 1 aliphatic heterocycles. The lowest BCUT2D eigenvalue weighted by Crippen LogP contribution is -2.16. The van der Waals surface area contributed by atoms with Gasteiger partial charge in [-0.05, 0) is 23.3 Å². The molecule has 0 fully saturated rings. The van der Waals surface area contributed by atoms with Crippen molar-refractivity contribution in [1.29, 1.82) is 0 Å². The Labute approximate surface area is 87.8 Å². The van der Waals surface area contributed by atoms with Gasteiger partial charge >= 0.3 is 5.97 Å². The lowest BCUT2D eigenvalue weighted by molar-refractivity contribution is -0.145. The van der Waals surface area contributed by atoms with E-state index in [1.54, 1.807) is 14.2 Å². The summed E-state index contributed by atoms with van der Waals surface area (Å²) in [5, 5.41) is 0. The number of hydrogen-bond acceptors (Lipinski definition) is 4. The molecule has 0 spiro atoms. The molecule has 1 aliphatic rings. The second-order valence-corrected chi connectivity index (χ2v) is 3.31. The molecule has 0 saturated carbocycles. The highest BCUT2D eigenvalue weighted by Gasteiger charge is 2.19. The fourth-order valence-electron chi connectivity index (χ4n) is 1.63. The smallest absolute Gasteiger partial charge is 0.310 e. The first-order valence-corrected chi connectivity index (χ1v) is 4.64. The van der Waals surface area contributed by atoms with Crippen molar-refractivity contribution in [1.82, 2.24) is 0 Å². The molecule has 1 heterocycles. The predicted molar refractivity (Wildman–Crippen MR) is 53.0 cm³/mol. The van der Waals surface area contributed by atoms with E-state index < -0.39 is 0 Å². The monoisotopic (exact) mass is 208 g/mol. The number of carbonyl (C=O) groups excluding carboxylic acids is 1. The van der Waals surface area contributed by atoms with Crippen molar-refractivity contribution in [3.8, 4) is 11.5 Å². The van der Waals surface area contributed by atoms with E-state index in [-0.39, 0.29) is 5.97 Å². The molecule has 80 valence electrons. The van der Waals surface area contributed by atoms with Gasteiger partial charge in [-0.2, -0.15) is 0 Å². The van der Waals surface area contributed by atoms with Gasteiger partial charge in [0.2, 0.25) is 0 Å². The van der Waals surface area contributed by atoms with Gasteiger partial charge in [-0.25, -0.2) is 0 Å². The zero-order valence-electron chi connectivity index (χ0n) is 8.70. The molecule has 4 heteroatoms. The molecule has 0 N–H and O–H groups in total. The molecule has 4 nitrogen and oxygen atoms in total. The third-order valence-electron chi connectivity index (χ3n) is 2.43. The fraction of sp³-hybridized carbons (Fsp3) is 0.364. The van der Waals surface area contributed by atoms with Crippen molar-refractivity contribution in [2.45, 2.75) is 13.0 Å². The van der Waals surface area contributed by atoms with Crippen LogP contribution in [0.15, 0.2) is 12.1 Å². The molecule has 0 atom stereocenters. The minimum absolute atomic E-state index is 0.199. The molecule has 0 saturated heterocycles. The number of cyclic esters (lactones) is 1. The average molecular weight is 208 g/mol. The van der Waals surface area contributed by atoms with Gasteiger partial charge in [0.15, 0.2) is 11.5 Å². The Bertz CT molecular complexity index is 398. The molecule has 15 heavy (non-hydrogen) atoms. The number of esters is 1. The topological polar surface area (TPSA) is 44.8 Å². The van der Waals surface area contributed by atoms with E-state index in [0.29, 0.717) is 24.5 Å². The average Bonchev–Trinajstić information content (AvgIpc) is 2.27. The first-order chi connectivity index (χ1) is 7.24. The third-order valence-corrected chi connectivity index (χ3v) is 2.43. The maximum absolute atomic E-state index is 11.1. The number of carbonyl (C=O) groups is 1. The van der Waals surface area contributed by atoms with Gasteiger partial charge in [-0.3, -0.25) is 4.79 Å². The molecule has 0 bridgehead atoms. The minimum atomic E-state index is -0.199. The number of rotatable bonds is 2. The zero-order valence-corrected chi connectivity index (χ0v) is 8.70. The normalized spacial score (nSPS) is 14.1. The molecule has 2 rings (SSSR count). The Morgan fingerprint density at radius 1 is 1.13 bits per heavy atom. The number of methoxy groups -OCH3 is 2. The van der Waals surface area contributed by atoms with Crippen molar-refractivity contribution < 1.29 is 19.0 Å². The van der Waals surface area contributed by atoms with Crippen LogP contribution < -0.4 is 9.47 Å². The van der Waals surface area contributed by atoms with Gasteiger partial charge in [-0.1, -0.05) is 0 Å². The van der Waals surface area contributed by atoms with Gasteiger partial charge in [0.25, 0.3) is 0 Å². The van der Waals surface area contributed by atoms with Crippen LogP contribution in [0.1, 0.15) is 11.1 Å². The van der Waals surface area contributed by atoms with Crippen LogP contribution in [0.3, 0.4) is 0 Å². The van der Waals surface area contributed by atoms with Crippen LogP contribution >= 0.6 is 0 Å². The number of hydrogen-bond donors (Lipinski definition) is 0. The number of fused-ring (bicyclic) bond motifs is 1. The van der Waals surface area contributed by atoms with Crippen molar-refractivity contribution in [2.24, 2.45) is 0 Å². The van der Waals surface area contributed by atoms with Gasteiger partial charge in [-0.15, -0.1) is 0 Å². The van der Waals surface area contributed by atoms with Gasteiger partial charge < -0.3 is 14.2 Å². The van der Waals surface area contributed by atoms with Gasteiger partial charge in [0.05, 0.1) is 20.6 Å². The standard InChI is InChI=1S/C11H12O4/c1-13-9-3-7-5-11(12)15-6-8(7)4-10(9)14-2/h3-4H,5-6H2,1-2H3. The van der Waals surface area contributed by atoms with Crippen LogP contribution in [0.5, 0.6) is 11.5 Å². The second kappa shape index (κ2) is 3.81. The summed E-state index contributed by atoms with van der Waals surface area (Å²) in [7, 11) is 3.16. The van der Waals surface area contributed by atoms with Crippen molar-refractivity contribution >= 4 is 5.97 Å². The lowest BCUT2D eigenvalue weighted by Gasteiger charge is -2.18. The van der Waals surface area contributed by atoms with E-state index in [1.807, 2.05) is 12.1 Å². The second-order valence-electron chi connectivity index (χ2n) is 3.31. The van der Waals surface area contributed by atoms with Crippen LogP contribution in [0, 0.1) is 0 Å². The summed E-state index contributed by atoms with van der Waals surface area (Å²) in [6, 6.07) is 3.68. The highest BCUT2D eigenvalue weighted by molar-refractivity contribution is 5.75. The zero-order chi connectivity index (χ0) is 10.8. The third kappa shape index (κ3) is 1.75. The summed E-state index contributed by atoms with van der Waals surface area (Å²) in [5.41, 5.74) is 1.93. The van der Waals surface area contributed by atoms with E-state index in [4.69, 9.17) is 14.2 Å². The molecule has 1 aromatic rings. The summed E-state index contributed by atoms with van der Waals surface area (Å²) in [6.45, 7) is 0.314. The SMILES string of the molecule is COc1cc2c(cc1OC)CC(=O)OC2. The molecule has 0 amide bonds. The van der Waals surface area contributed by atoms with E-state index >= 15 is 0 Å². The highest BCUT2D eigenvalue weighted by Crippen LogP contribution is 2.32. The maximum Gasteiger partial charge on any atom is 0.310 e. The molecule has 0 aromatic heterocycles. The molecule has 0 aliphatic carbocycles. The van der Waals surface area contributed by atoms with Crippen LogP contribution in [0.4, 0.5) is 0 Å². The first kappa shape index (κ1) is 9.83. The van der Waals surface area contributed by atoms with Crippen LogP contribution in [-0.4, -0.2) is 20.2 Å². The van der Waals surface area contributed by atoms with E-state index in [9.17, 15) is 4.79 Å². The number of ether oxygens (including phenoxy) is 3. The van der Waals surface area contributed by atoms with Crippen LogP contribution in [-0.2, 0) is 22.6 Å². The highest BCUT2D eigenvalue weighted by atomic mass is 16.5. The summed E-state index contributed by atoms with van der Waals surface area (Å²) in [5.74, 6) is 1.11. The Balaban J connectivity index is 2.45. The largest absolute Gasteiger partial charge is 0.493 e. The quantitative estimate of drug-likeness (QED) is 0.687. The number of benzene rings is 1. The van der Waals surface area contributed by atoms with Crippen molar-refractivity contribution in [3.05, 3.63) is 23.3 Å². The van der Waals surface area contributed by atoms with Crippen LogP contribution in [0.25, 0.3) is 0 Å². The van der Waals surface area contributed by atoms with Gasteiger partial charge in [0.1, 0.15) is 6.61 Å². The summed E-state index contributed by atoms with van der Waals surface area (Å²) >= 11 is 0. The summed E-state index contributed by atoms with van der Waals surface area (Å²) in [4.78, 5) is 11.1. The minimum Gasteiger partial charge on any atom is -0.493 e. The Kier molecular flexibility index (Phi) is 2.49. The first-order valence-electron chi connectivity index (χ1n) is 4.64. The van der Waals surface area contributed by atoms with E-state index in [1.165, 1.54) is 0 Å². The van der Waals surface area contributed by atoms with Crippen molar-refractivity contribution in [2.75, 3.05) is 14.2 Å².